The van der Waals surface area contributed by atoms with E-state index in [0.717, 1.165) is 10.8 Å². The van der Waals surface area contributed by atoms with E-state index in [1.807, 2.05) is 24.3 Å². The van der Waals surface area contributed by atoms with Gasteiger partial charge in [0.2, 0.25) is 0 Å². The lowest BCUT2D eigenvalue weighted by atomic mass is 10.1. The normalized spacial score (nSPS) is 10.5. The van der Waals surface area contributed by atoms with Gasteiger partial charge in [0, 0.05) is 24.3 Å². The third-order valence-corrected chi connectivity index (χ3v) is 4.35. The summed E-state index contributed by atoms with van der Waals surface area (Å²) in [6.07, 6.45) is 0. The third-order valence-electron chi connectivity index (χ3n) is 4.35. The summed E-state index contributed by atoms with van der Waals surface area (Å²) in [6, 6.07) is 22.8. The minimum Gasteiger partial charge on any atom is -0.457 e. The van der Waals surface area contributed by atoms with Crippen LogP contribution < -0.4 is 9.47 Å². The lowest BCUT2D eigenvalue weighted by Crippen LogP contribution is -1.89. The zero-order valence-corrected chi connectivity index (χ0v) is 15.4. The van der Waals surface area contributed by atoms with Crippen LogP contribution in [-0.4, -0.2) is 9.85 Å². The summed E-state index contributed by atoms with van der Waals surface area (Å²) in [6.45, 7) is 0. The van der Waals surface area contributed by atoms with E-state index in [2.05, 4.69) is 0 Å². The molecule has 0 aromatic heterocycles. The van der Waals surface area contributed by atoms with Crippen LogP contribution in [0.1, 0.15) is 0 Å². The highest BCUT2D eigenvalue weighted by atomic mass is 16.6. The van der Waals surface area contributed by atoms with E-state index < -0.39 is 9.85 Å². The first kappa shape index (κ1) is 18.9. The van der Waals surface area contributed by atoms with Crippen molar-refractivity contribution in [1.29, 1.82) is 0 Å². The summed E-state index contributed by atoms with van der Waals surface area (Å²) in [4.78, 5) is 20.5. The first-order chi connectivity index (χ1) is 14.5. The van der Waals surface area contributed by atoms with Crippen molar-refractivity contribution in [2.75, 3.05) is 0 Å². The van der Waals surface area contributed by atoms with Gasteiger partial charge in [0.25, 0.3) is 11.4 Å². The molecule has 4 aromatic rings. The summed E-state index contributed by atoms with van der Waals surface area (Å²) in [5.74, 6) is 2.19. The average molecular weight is 402 g/mol. The molecule has 0 N–H and O–H groups in total. The number of hydrogen-bond donors (Lipinski definition) is 0. The molecule has 0 aliphatic rings. The quantitative estimate of drug-likeness (QED) is 0.279. The van der Waals surface area contributed by atoms with Crippen molar-refractivity contribution in [2.24, 2.45) is 0 Å². The molecule has 0 radical (unpaired) electrons. The molecule has 4 rings (SSSR count). The van der Waals surface area contributed by atoms with E-state index in [0.29, 0.717) is 23.0 Å². The maximum Gasteiger partial charge on any atom is 0.269 e. The van der Waals surface area contributed by atoms with Crippen LogP contribution in [0.3, 0.4) is 0 Å². The minimum atomic E-state index is -0.462. The number of hydrogen-bond acceptors (Lipinski definition) is 6. The smallest absolute Gasteiger partial charge is 0.269 e. The Bertz CT molecular complexity index is 1140. The molecular weight excluding hydrogens is 388 g/mol. The molecule has 0 atom stereocenters. The summed E-state index contributed by atoms with van der Waals surface area (Å²) in [5.41, 5.74) is 0.00261. The van der Waals surface area contributed by atoms with E-state index in [4.69, 9.17) is 9.47 Å². The fourth-order valence-corrected chi connectivity index (χ4v) is 2.87. The van der Waals surface area contributed by atoms with Gasteiger partial charge < -0.3 is 9.47 Å². The zero-order chi connectivity index (χ0) is 21.1. The van der Waals surface area contributed by atoms with E-state index in [1.165, 1.54) is 24.3 Å². The molecule has 0 aliphatic heterocycles. The van der Waals surface area contributed by atoms with Crippen LogP contribution in [0.2, 0.25) is 0 Å². The maximum atomic E-state index is 10.7. The van der Waals surface area contributed by atoms with Crippen LogP contribution in [0.5, 0.6) is 23.0 Å². The number of nitrogens with zero attached hydrogens (tertiary/aromatic N) is 2. The van der Waals surface area contributed by atoms with Gasteiger partial charge >= 0.3 is 0 Å². The Labute approximate surface area is 170 Å². The fourth-order valence-electron chi connectivity index (χ4n) is 2.87. The number of rotatable bonds is 6. The van der Waals surface area contributed by atoms with Crippen molar-refractivity contribution in [3.05, 3.63) is 105 Å². The van der Waals surface area contributed by atoms with E-state index in [-0.39, 0.29) is 11.4 Å². The highest BCUT2D eigenvalue weighted by molar-refractivity contribution is 5.85. The predicted octanol–water partition coefficient (Wildman–Crippen LogP) is 6.24. The number of fused-ring (bicyclic) bond motifs is 1. The van der Waals surface area contributed by atoms with Gasteiger partial charge in [-0.3, -0.25) is 20.2 Å². The van der Waals surface area contributed by atoms with Gasteiger partial charge in [0.1, 0.15) is 23.0 Å². The summed E-state index contributed by atoms with van der Waals surface area (Å²) >= 11 is 0. The summed E-state index contributed by atoms with van der Waals surface area (Å²) < 4.78 is 11.5. The van der Waals surface area contributed by atoms with Gasteiger partial charge in [-0.15, -0.1) is 0 Å². The van der Waals surface area contributed by atoms with Crippen LogP contribution in [0.15, 0.2) is 84.9 Å². The topological polar surface area (TPSA) is 105 Å². The van der Waals surface area contributed by atoms with Gasteiger partial charge in [0.15, 0.2) is 0 Å². The molecule has 8 heteroatoms. The predicted molar refractivity (Wildman–Crippen MR) is 110 cm³/mol. The average Bonchev–Trinajstić information content (AvgIpc) is 2.74. The van der Waals surface area contributed by atoms with E-state index in [9.17, 15) is 20.2 Å². The molecule has 30 heavy (non-hydrogen) atoms. The third kappa shape index (κ3) is 4.17. The number of nitro groups is 2. The fraction of sp³-hybridized carbons (Fsp3) is 0. The van der Waals surface area contributed by atoms with E-state index >= 15 is 0 Å². The minimum absolute atomic E-state index is 0.00131. The molecule has 0 fully saturated rings. The zero-order valence-electron chi connectivity index (χ0n) is 15.4. The Hall–Kier alpha value is -4.46. The second-order valence-electron chi connectivity index (χ2n) is 6.38. The number of benzene rings is 4. The Morgan fingerprint density at radius 1 is 0.500 bits per heavy atom. The molecule has 4 aromatic carbocycles. The second kappa shape index (κ2) is 7.88. The van der Waals surface area contributed by atoms with Crippen molar-refractivity contribution in [2.45, 2.75) is 0 Å². The largest absolute Gasteiger partial charge is 0.457 e. The van der Waals surface area contributed by atoms with Gasteiger partial charge in [-0.2, -0.15) is 0 Å². The van der Waals surface area contributed by atoms with Gasteiger partial charge in [-0.1, -0.05) is 12.1 Å². The molecule has 0 unspecified atom stereocenters. The number of non-ortho nitro benzene ring substituents is 2. The van der Waals surface area contributed by atoms with Crippen LogP contribution in [0.25, 0.3) is 10.8 Å². The molecule has 0 aliphatic carbocycles. The highest BCUT2D eigenvalue weighted by Gasteiger charge is 2.07. The lowest BCUT2D eigenvalue weighted by molar-refractivity contribution is -0.385. The highest BCUT2D eigenvalue weighted by Crippen LogP contribution is 2.31. The van der Waals surface area contributed by atoms with E-state index in [1.54, 1.807) is 36.4 Å². The second-order valence-corrected chi connectivity index (χ2v) is 6.38. The Morgan fingerprint density at radius 2 is 0.833 bits per heavy atom. The monoisotopic (exact) mass is 402 g/mol. The standard InChI is InChI=1S/C22H14N2O6/c25-23(26)17-3-9-19(10-4-17)29-21-7-1-15-13-22(8-2-16(15)14-21)30-20-11-5-18(6-12-20)24(27)28/h1-14H. The molecule has 0 heterocycles. The number of nitro benzene ring substituents is 2. The van der Waals surface area contributed by atoms with Crippen molar-refractivity contribution >= 4 is 22.1 Å². The van der Waals surface area contributed by atoms with Crippen molar-refractivity contribution in [1.82, 2.24) is 0 Å². The van der Waals surface area contributed by atoms with Crippen LogP contribution in [0.4, 0.5) is 11.4 Å². The van der Waals surface area contributed by atoms with Crippen LogP contribution >= 0.6 is 0 Å². The Balaban J connectivity index is 1.50. The van der Waals surface area contributed by atoms with Crippen molar-refractivity contribution in [3.8, 4) is 23.0 Å². The van der Waals surface area contributed by atoms with Crippen molar-refractivity contribution < 1.29 is 19.3 Å². The van der Waals surface area contributed by atoms with Crippen LogP contribution in [-0.2, 0) is 0 Å². The Morgan fingerprint density at radius 3 is 1.17 bits per heavy atom. The molecule has 0 saturated heterocycles. The maximum absolute atomic E-state index is 10.7. The number of ether oxygens (including phenoxy) is 2. The molecule has 8 nitrogen and oxygen atoms in total. The molecule has 0 bridgehead atoms. The molecule has 148 valence electrons. The van der Waals surface area contributed by atoms with Gasteiger partial charge in [-0.05, 0) is 59.3 Å². The van der Waals surface area contributed by atoms with Crippen molar-refractivity contribution in [3.63, 3.8) is 0 Å². The Kier molecular flexibility index (Phi) is 4.96. The first-order valence-corrected chi connectivity index (χ1v) is 8.86. The van der Waals surface area contributed by atoms with Gasteiger partial charge in [0.05, 0.1) is 9.85 Å². The van der Waals surface area contributed by atoms with Crippen LogP contribution in [0, 0.1) is 20.2 Å². The molecule has 0 spiro atoms. The van der Waals surface area contributed by atoms with Gasteiger partial charge in [-0.25, -0.2) is 0 Å². The first-order valence-electron chi connectivity index (χ1n) is 8.86. The lowest BCUT2D eigenvalue weighted by Gasteiger charge is -2.09. The SMILES string of the molecule is O=[N+]([O-])c1ccc(Oc2ccc3cc(Oc4ccc([N+](=O)[O-])cc4)ccc3c2)cc1. The molecule has 0 saturated carbocycles. The molecular formula is C22H14N2O6. The summed E-state index contributed by atoms with van der Waals surface area (Å²) in [7, 11) is 0. The summed E-state index contributed by atoms with van der Waals surface area (Å²) in [5, 5.41) is 23.3. The molecule has 0 amide bonds.